The van der Waals surface area contributed by atoms with Gasteiger partial charge in [0.2, 0.25) is 5.96 Å². The molecule has 1 aliphatic rings. The molecule has 0 spiro atoms. The van der Waals surface area contributed by atoms with Crippen molar-refractivity contribution in [2.75, 3.05) is 16.3 Å². The third kappa shape index (κ3) is 2.71. The maximum absolute atomic E-state index is 8.46. The van der Waals surface area contributed by atoms with Crippen LogP contribution in [0.4, 0.5) is 11.4 Å². The fraction of sp³-hybridized carbons (Fsp3) is 0.188. The Hall–Kier alpha value is -1.71. The van der Waals surface area contributed by atoms with Crippen molar-refractivity contribution in [3.63, 3.8) is 0 Å². The third-order valence-corrected chi connectivity index (χ3v) is 4.12. The lowest BCUT2D eigenvalue weighted by molar-refractivity contribution is 0.794. The first-order valence-corrected chi connectivity index (χ1v) is 7.48. The van der Waals surface area contributed by atoms with Gasteiger partial charge < -0.3 is 9.80 Å². The van der Waals surface area contributed by atoms with E-state index in [1.165, 1.54) is 0 Å². The van der Waals surface area contributed by atoms with Gasteiger partial charge in [0.25, 0.3) is 0 Å². The standard InChI is InChI=1S/C16H15Cl2N3/c1-11-10-20(14-6-2-12(17)3-7-14)16(19)21(11)15-8-4-13(18)5-9-15/h2-9,11,19H,10H2,1H3. The Labute approximate surface area is 134 Å². The van der Waals surface area contributed by atoms with Gasteiger partial charge in [-0.05, 0) is 55.5 Å². The van der Waals surface area contributed by atoms with Crippen LogP contribution in [0.1, 0.15) is 6.92 Å². The van der Waals surface area contributed by atoms with E-state index in [-0.39, 0.29) is 6.04 Å². The summed E-state index contributed by atoms with van der Waals surface area (Å²) in [6.07, 6.45) is 0. The van der Waals surface area contributed by atoms with Gasteiger partial charge in [-0.1, -0.05) is 23.2 Å². The molecule has 1 heterocycles. The second kappa shape index (κ2) is 5.58. The zero-order valence-electron chi connectivity index (χ0n) is 11.6. The Morgan fingerprint density at radius 2 is 1.38 bits per heavy atom. The van der Waals surface area contributed by atoms with Crippen LogP contribution < -0.4 is 9.80 Å². The maximum Gasteiger partial charge on any atom is 0.203 e. The number of guanidine groups is 1. The average Bonchev–Trinajstić information content (AvgIpc) is 2.76. The monoisotopic (exact) mass is 319 g/mol. The third-order valence-electron chi connectivity index (χ3n) is 3.61. The zero-order chi connectivity index (χ0) is 15.0. The minimum Gasteiger partial charge on any atom is -0.310 e. The van der Waals surface area contributed by atoms with E-state index in [4.69, 9.17) is 28.6 Å². The molecule has 2 aromatic carbocycles. The van der Waals surface area contributed by atoms with E-state index >= 15 is 0 Å². The van der Waals surface area contributed by atoms with E-state index in [0.29, 0.717) is 16.0 Å². The predicted octanol–water partition coefficient (Wildman–Crippen LogP) is 4.64. The Balaban J connectivity index is 1.90. The second-order valence-corrected chi connectivity index (χ2v) is 5.98. The van der Waals surface area contributed by atoms with E-state index in [1.54, 1.807) is 0 Å². The Morgan fingerprint density at radius 3 is 1.90 bits per heavy atom. The number of rotatable bonds is 2. The number of hydrogen-bond acceptors (Lipinski definition) is 1. The molecule has 0 bridgehead atoms. The zero-order valence-corrected chi connectivity index (χ0v) is 13.1. The minimum atomic E-state index is 0.217. The lowest BCUT2D eigenvalue weighted by Crippen LogP contribution is -2.34. The van der Waals surface area contributed by atoms with Crippen LogP contribution in [0.25, 0.3) is 0 Å². The summed E-state index contributed by atoms with van der Waals surface area (Å²) in [6, 6.07) is 15.4. The number of hydrogen-bond donors (Lipinski definition) is 1. The van der Waals surface area contributed by atoms with Crippen LogP contribution in [-0.2, 0) is 0 Å². The molecule has 2 aromatic rings. The molecular weight excluding hydrogens is 305 g/mol. The van der Waals surface area contributed by atoms with Crippen LogP contribution >= 0.6 is 23.2 Å². The highest BCUT2D eigenvalue weighted by atomic mass is 35.5. The van der Waals surface area contributed by atoms with Gasteiger partial charge in [-0.2, -0.15) is 0 Å². The van der Waals surface area contributed by atoms with Crippen LogP contribution in [0, 0.1) is 5.41 Å². The van der Waals surface area contributed by atoms with Gasteiger partial charge in [-0.15, -0.1) is 0 Å². The van der Waals surface area contributed by atoms with E-state index in [2.05, 4.69) is 6.92 Å². The molecule has 3 rings (SSSR count). The quantitative estimate of drug-likeness (QED) is 0.873. The maximum atomic E-state index is 8.46. The molecule has 108 valence electrons. The van der Waals surface area contributed by atoms with Gasteiger partial charge in [0.1, 0.15) is 0 Å². The lowest BCUT2D eigenvalue weighted by atomic mass is 10.2. The Kier molecular flexibility index (Phi) is 3.79. The molecule has 1 N–H and O–H groups in total. The summed E-state index contributed by atoms with van der Waals surface area (Å²) in [6.45, 7) is 2.88. The summed E-state index contributed by atoms with van der Waals surface area (Å²) in [4.78, 5) is 3.99. The summed E-state index contributed by atoms with van der Waals surface area (Å²) < 4.78 is 0. The van der Waals surface area contributed by atoms with Crippen LogP contribution in [0.5, 0.6) is 0 Å². The molecular formula is C16H15Cl2N3. The molecule has 0 aromatic heterocycles. The van der Waals surface area contributed by atoms with Gasteiger partial charge >= 0.3 is 0 Å². The highest BCUT2D eigenvalue weighted by Crippen LogP contribution is 2.29. The molecule has 5 heteroatoms. The number of halogens is 2. The van der Waals surface area contributed by atoms with Gasteiger partial charge in [-0.25, -0.2) is 0 Å². The molecule has 21 heavy (non-hydrogen) atoms. The molecule has 0 radical (unpaired) electrons. The number of anilines is 2. The minimum absolute atomic E-state index is 0.217. The first kappa shape index (κ1) is 14.2. The summed E-state index contributed by atoms with van der Waals surface area (Å²) in [5, 5.41) is 9.86. The van der Waals surface area contributed by atoms with Crippen molar-refractivity contribution in [1.82, 2.24) is 0 Å². The van der Waals surface area contributed by atoms with Crippen molar-refractivity contribution in [2.45, 2.75) is 13.0 Å². The molecule has 1 saturated heterocycles. The molecule has 1 fully saturated rings. The Morgan fingerprint density at radius 1 is 0.905 bits per heavy atom. The number of nitrogens with one attached hydrogen (secondary N) is 1. The fourth-order valence-corrected chi connectivity index (χ4v) is 2.85. The normalized spacial score (nSPS) is 18.4. The van der Waals surface area contributed by atoms with Crippen LogP contribution in [0.2, 0.25) is 10.0 Å². The second-order valence-electron chi connectivity index (χ2n) is 5.11. The molecule has 1 unspecified atom stereocenters. The topological polar surface area (TPSA) is 30.3 Å². The summed E-state index contributed by atoms with van der Waals surface area (Å²) in [5.41, 5.74) is 1.96. The van der Waals surface area contributed by atoms with E-state index in [0.717, 1.165) is 17.9 Å². The van der Waals surface area contributed by atoms with E-state index < -0.39 is 0 Å². The summed E-state index contributed by atoms with van der Waals surface area (Å²) in [5.74, 6) is 0.465. The molecule has 1 atom stereocenters. The fourth-order valence-electron chi connectivity index (χ4n) is 2.60. The predicted molar refractivity (Wildman–Crippen MR) is 89.9 cm³/mol. The van der Waals surface area contributed by atoms with Gasteiger partial charge in [-0.3, -0.25) is 5.41 Å². The molecule has 1 aliphatic heterocycles. The molecule has 0 aliphatic carbocycles. The highest BCUT2D eigenvalue weighted by Gasteiger charge is 2.33. The van der Waals surface area contributed by atoms with E-state index in [9.17, 15) is 0 Å². The van der Waals surface area contributed by atoms with Crippen LogP contribution in [-0.4, -0.2) is 18.5 Å². The van der Waals surface area contributed by atoms with Gasteiger partial charge in [0, 0.05) is 28.0 Å². The van der Waals surface area contributed by atoms with Crippen molar-refractivity contribution in [2.24, 2.45) is 0 Å². The van der Waals surface area contributed by atoms with Crippen LogP contribution in [0.3, 0.4) is 0 Å². The van der Waals surface area contributed by atoms with E-state index in [1.807, 2.05) is 58.3 Å². The first-order valence-electron chi connectivity index (χ1n) is 6.73. The highest BCUT2D eigenvalue weighted by molar-refractivity contribution is 6.31. The van der Waals surface area contributed by atoms with Gasteiger partial charge in [0.05, 0.1) is 6.04 Å². The van der Waals surface area contributed by atoms with Crippen molar-refractivity contribution >= 4 is 40.5 Å². The summed E-state index contributed by atoms with van der Waals surface area (Å²) >= 11 is 11.9. The number of benzene rings is 2. The molecule has 3 nitrogen and oxygen atoms in total. The van der Waals surface area contributed by atoms with Crippen LogP contribution in [0.15, 0.2) is 48.5 Å². The van der Waals surface area contributed by atoms with Crippen molar-refractivity contribution in [3.05, 3.63) is 58.6 Å². The smallest absolute Gasteiger partial charge is 0.203 e. The van der Waals surface area contributed by atoms with Crippen molar-refractivity contribution in [1.29, 1.82) is 5.41 Å². The van der Waals surface area contributed by atoms with Crippen molar-refractivity contribution < 1.29 is 0 Å². The van der Waals surface area contributed by atoms with Crippen molar-refractivity contribution in [3.8, 4) is 0 Å². The Bertz CT molecular complexity index is 652. The SMILES string of the molecule is CC1CN(c2ccc(Cl)cc2)C(=N)N1c1ccc(Cl)cc1. The number of nitrogens with zero attached hydrogens (tertiary/aromatic N) is 2. The largest absolute Gasteiger partial charge is 0.310 e. The molecule has 0 amide bonds. The average molecular weight is 320 g/mol. The first-order chi connectivity index (χ1) is 10.1. The molecule has 0 saturated carbocycles. The summed E-state index contributed by atoms with van der Waals surface area (Å²) in [7, 11) is 0. The van der Waals surface area contributed by atoms with Gasteiger partial charge in [0.15, 0.2) is 0 Å². The lowest BCUT2D eigenvalue weighted by Gasteiger charge is -2.23.